The lowest BCUT2D eigenvalue weighted by atomic mass is 10.0. The molecule has 0 radical (unpaired) electrons. The highest BCUT2D eigenvalue weighted by molar-refractivity contribution is 7.09. The predicted octanol–water partition coefficient (Wildman–Crippen LogP) is 1.77. The molecule has 0 saturated carbocycles. The Morgan fingerprint density at radius 3 is 3.25 bits per heavy atom. The lowest BCUT2D eigenvalue weighted by Crippen LogP contribution is -2.34. The molecule has 1 unspecified atom stereocenters. The molecule has 1 aromatic heterocycles. The van der Waals surface area contributed by atoms with Crippen molar-refractivity contribution in [2.45, 2.75) is 19.8 Å². The molecule has 1 aromatic rings. The first-order valence-corrected chi connectivity index (χ1v) is 5.15. The quantitative estimate of drug-likeness (QED) is 0.664. The Kier molecular flexibility index (Phi) is 2.26. The molecule has 3 nitrogen and oxygen atoms in total. The van der Waals surface area contributed by atoms with Crippen molar-refractivity contribution < 1.29 is 0 Å². The average Bonchev–Trinajstić information content (AvgIpc) is 2.56. The fraction of sp³-hybridized carbons (Fsp3) is 0.750. The second-order valence-electron chi connectivity index (χ2n) is 3.42. The number of nitrogens with zero attached hydrogens (tertiary/aromatic N) is 3. The van der Waals surface area contributed by atoms with E-state index in [0.717, 1.165) is 24.1 Å². The van der Waals surface area contributed by atoms with E-state index in [1.54, 1.807) is 6.33 Å². The van der Waals surface area contributed by atoms with Crippen LogP contribution in [0, 0.1) is 5.92 Å². The normalized spacial score (nSPS) is 24.4. The molecule has 12 heavy (non-hydrogen) atoms. The van der Waals surface area contributed by atoms with E-state index in [0.29, 0.717) is 0 Å². The maximum absolute atomic E-state index is 4.21. The Balaban J connectivity index is 2.04. The van der Waals surface area contributed by atoms with Crippen LogP contribution in [-0.2, 0) is 0 Å². The molecular weight excluding hydrogens is 170 g/mol. The maximum atomic E-state index is 4.21. The number of rotatable bonds is 1. The van der Waals surface area contributed by atoms with Gasteiger partial charge in [-0.2, -0.15) is 4.37 Å². The first-order valence-electron chi connectivity index (χ1n) is 4.38. The Hall–Kier alpha value is -0.640. The van der Waals surface area contributed by atoms with Crippen LogP contribution >= 0.6 is 11.5 Å². The van der Waals surface area contributed by atoms with Crippen molar-refractivity contribution >= 4 is 16.7 Å². The zero-order chi connectivity index (χ0) is 8.39. The average molecular weight is 183 g/mol. The Bertz CT molecular complexity index is 234. The van der Waals surface area contributed by atoms with E-state index in [1.807, 2.05) is 0 Å². The van der Waals surface area contributed by atoms with Crippen LogP contribution in [0.4, 0.5) is 5.13 Å². The Morgan fingerprint density at radius 1 is 1.67 bits per heavy atom. The molecular formula is C8H13N3S. The van der Waals surface area contributed by atoms with E-state index in [1.165, 1.54) is 24.4 Å². The third-order valence-corrected chi connectivity index (χ3v) is 3.00. The number of anilines is 1. The van der Waals surface area contributed by atoms with Crippen LogP contribution in [0.3, 0.4) is 0 Å². The highest BCUT2D eigenvalue weighted by atomic mass is 32.1. The van der Waals surface area contributed by atoms with Crippen molar-refractivity contribution in [1.29, 1.82) is 0 Å². The summed E-state index contributed by atoms with van der Waals surface area (Å²) < 4.78 is 4.01. The Labute approximate surface area is 76.6 Å². The highest BCUT2D eigenvalue weighted by Gasteiger charge is 2.18. The zero-order valence-electron chi connectivity index (χ0n) is 7.23. The van der Waals surface area contributed by atoms with Gasteiger partial charge in [0.15, 0.2) is 0 Å². The summed E-state index contributed by atoms with van der Waals surface area (Å²) in [6, 6.07) is 0. The first-order chi connectivity index (χ1) is 5.86. The van der Waals surface area contributed by atoms with Crippen molar-refractivity contribution in [2.24, 2.45) is 5.92 Å². The number of piperidine rings is 1. The van der Waals surface area contributed by atoms with Gasteiger partial charge < -0.3 is 4.90 Å². The van der Waals surface area contributed by atoms with E-state index < -0.39 is 0 Å². The van der Waals surface area contributed by atoms with Crippen LogP contribution in [0.25, 0.3) is 0 Å². The van der Waals surface area contributed by atoms with Crippen molar-refractivity contribution in [3.8, 4) is 0 Å². The SMILES string of the molecule is CC1CCCN(c2ncns2)C1. The Morgan fingerprint density at radius 2 is 2.58 bits per heavy atom. The second-order valence-corrected chi connectivity index (χ2v) is 4.18. The molecule has 1 aliphatic rings. The second kappa shape index (κ2) is 3.39. The number of hydrogen-bond donors (Lipinski definition) is 0. The first kappa shape index (κ1) is 7.98. The lowest BCUT2D eigenvalue weighted by molar-refractivity contribution is 0.446. The van der Waals surface area contributed by atoms with Gasteiger partial charge in [-0.05, 0) is 18.8 Å². The lowest BCUT2D eigenvalue weighted by Gasteiger charge is -2.29. The fourth-order valence-electron chi connectivity index (χ4n) is 1.67. The summed E-state index contributed by atoms with van der Waals surface area (Å²) >= 11 is 1.50. The van der Waals surface area contributed by atoms with E-state index in [9.17, 15) is 0 Å². The van der Waals surface area contributed by atoms with Crippen LogP contribution in [0.15, 0.2) is 6.33 Å². The molecule has 1 saturated heterocycles. The van der Waals surface area contributed by atoms with Crippen LogP contribution in [0.5, 0.6) is 0 Å². The molecule has 0 aliphatic carbocycles. The summed E-state index contributed by atoms with van der Waals surface area (Å²) in [5.41, 5.74) is 0. The fourth-order valence-corrected chi connectivity index (χ4v) is 2.23. The number of aromatic nitrogens is 2. The molecule has 0 aromatic carbocycles. The molecule has 1 aliphatic heterocycles. The van der Waals surface area contributed by atoms with Gasteiger partial charge in [0.2, 0.25) is 5.13 Å². The minimum Gasteiger partial charge on any atom is -0.347 e. The minimum atomic E-state index is 0.808. The van der Waals surface area contributed by atoms with Gasteiger partial charge >= 0.3 is 0 Å². The number of hydrogen-bond acceptors (Lipinski definition) is 4. The predicted molar refractivity (Wildman–Crippen MR) is 50.5 cm³/mol. The summed E-state index contributed by atoms with van der Waals surface area (Å²) in [6.45, 7) is 4.60. The van der Waals surface area contributed by atoms with Crippen molar-refractivity contribution in [3.63, 3.8) is 0 Å². The molecule has 2 heterocycles. The highest BCUT2D eigenvalue weighted by Crippen LogP contribution is 2.22. The van der Waals surface area contributed by atoms with E-state index in [4.69, 9.17) is 0 Å². The van der Waals surface area contributed by atoms with Gasteiger partial charge in [0, 0.05) is 24.6 Å². The van der Waals surface area contributed by atoms with Gasteiger partial charge in [0.25, 0.3) is 0 Å². The van der Waals surface area contributed by atoms with Crippen molar-refractivity contribution in [1.82, 2.24) is 9.36 Å². The van der Waals surface area contributed by atoms with Gasteiger partial charge in [-0.15, -0.1) is 0 Å². The molecule has 1 fully saturated rings. The van der Waals surface area contributed by atoms with Gasteiger partial charge in [0.1, 0.15) is 6.33 Å². The summed E-state index contributed by atoms with van der Waals surface area (Å²) in [6.07, 6.45) is 4.29. The monoisotopic (exact) mass is 183 g/mol. The van der Waals surface area contributed by atoms with Crippen LogP contribution < -0.4 is 4.90 Å². The van der Waals surface area contributed by atoms with E-state index >= 15 is 0 Å². The zero-order valence-corrected chi connectivity index (χ0v) is 8.05. The van der Waals surface area contributed by atoms with Crippen LogP contribution in [-0.4, -0.2) is 22.4 Å². The summed E-state index contributed by atoms with van der Waals surface area (Å²) in [5.74, 6) is 0.808. The largest absolute Gasteiger partial charge is 0.347 e. The molecule has 0 N–H and O–H groups in total. The van der Waals surface area contributed by atoms with Gasteiger partial charge in [-0.1, -0.05) is 6.92 Å². The van der Waals surface area contributed by atoms with Crippen molar-refractivity contribution in [3.05, 3.63) is 6.33 Å². The molecule has 0 spiro atoms. The smallest absolute Gasteiger partial charge is 0.204 e. The minimum absolute atomic E-state index is 0.808. The van der Waals surface area contributed by atoms with Gasteiger partial charge in [0.05, 0.1) is 0 Å². The molecule has 4 heteroatoms. The summed E-state index contributed by atoms with van der Waals surface area (Å²) in [4.78, 5) is 6.55. The third kappa shape index (κ3) is 1.58. The van der Waals surface area contributed by atoms with Gasteiger partial charge in [-0.3, -0.25) is 0 Å². The molecule has 0 bridgehead atoms. The van der Waals surface area contributed by atoms with Crippen LogP contribution in [0.1, 0.15) is 19.8 Å². The molecule has 2 rings (SSSR count). The van der Waals surface area contributed by atoms with E-state index in [2.05, 4.69) is 21.2 Å². The standard InChI is InChI=1S/C8H13N3S/c1-7-3-2-4-11(5-7)8-9-6-10-12-8/h6-7H,2-5H2,1H3. The molecule has 0 amide bonds. The van der Waals surface area contributed by atoms with Crippen LogP contribution in [0.2, 0.25) is 0 Å². The third-order valence-electron chi connectivity index (χ3n) is 2.28. The topological polar surface area (TPSA) is 29.0 Å². The van der Waals surface area contributed by atoms with E-state index in [-0.39, 0.29) is 0 Å². The van der Waals surface area contributed by atoms with Crippen molar-refractivity contribution in [2.75, 3.05) is 18.0 Å². The maximum Gasteiger partial charge on any atom is 0.204 e. The molecule has 66 valence electrons. The summed E-state index contributed by atoms with van der Waals surface area (Å²) in [7, 11) is 0. The summed E-state index contributed by atoms with van der Waals surface area (Å²) in [5, 5.41) is 1.08. The molecule has 1 atom stereocenters. The van der Waals surface area contributed by atoms with Gasteiger partial charge in [-0.25, -0.2) is 4.98 Å².